The predicted molar refractivity (Wildman–Crippen MR) is 82.7 cm³/mol. The smallest absolute Gasteiger partial charge is 0.237 e. The van der Waals surface area contributed by atoms with Gasteiger partial charge in [-0.3, -0.25) is 9.69 Å². The Bertz CT molecular complexity index is 317. The highest BCUT2D eigenvalue weighted by Crippen LogP contribution is 2.24. The molecule has 0 aromatic carbocycles. The Balaban J connectivity index is 1.92. The molecule has 2 aliphatic rings. The molecular weight excluding hydrogens is 250 g/mol. The summed E-state index contributed by atoms with van der Waals surface area (Å²) in [6.07, 6.45) is 7.20. The van der Waals surface area contributed by atoms with Crippen molar-refractivity contribution in [2.24, 2.45) is 0 Å². The summed E-state index contributed by atoms with van der Waals surface area (Å²) < 4.78 is 0. The quantitative estimate of drug-likeness (QED) is 0.749. The van der Waals surface area contributed by atoms with E-state index in [0.717, 1.165) is 32.4 Å². The van der Waals surface area contributed by atoms with Crippen molar-refractivity contribution in [2.45, 2.75) is 83.5 Å². The van der Waals surface area contributed by atoms with E-state index in [0.29, 0.717) is 18.1 Å². The number of piperidine rings is 1. The van der Waals surface area contributed by atoms with E-state index in [2.05, 4.69) is 36.3 Å². The van der Waals surface area contributed by atoms with Gasteiger partial charge in [-0.15, -0.1) is 0 Å². The van der Waals surface area contributed by atoms with Crippen molar-refractivity contribution in [1.82, 2.24) is 15.5 Å². The van der Waals surface area contributed by atoms with Crippen LogP contribution in [0.25, 0.3) is 0 Å². The number of carbonyl (C=O) groups is 1. The lowest BCUT2D eigenvalue weighted by Crippen LogP contribution is -2.57. The van der Waals surface area contributed by atoms with E-state index in [4.69, 9.17) is 0 Å². The Kier molecular flexibility index (Phi) is 5.85. The zero-order valence-electron chi connectivity index (χ0n) is 13.3. The molecule has 2 fully saturated rings. The number of hydrogen-bond donors (Lipinski definition) is 2. The predicted octanol–water partition coefficient (Wildman–Crippen LogP) is 1.90. The van der Waals surface area contributed by atoms with E-state index in [1.165, 1.54) is 19.3 Å². The second-order valence-corrected chi connectivity index (χ2v) is 6.50. The molecule has 0 bridgehead atoms. The molecule has 0 radical (unpaired) electrons. The van der Waals surface area contributed by atoms with E-state index in [9.17, 15) is 4.79 Å². The van der Waals surface area contributed by atoms with Gasteiger partial charge in [0.1, 0.15) is 0 Å². The molecule has 20 heavy (non-hydrogen) atoms. The SMILES string of the molecule is CCCNC(C)C1CCCCN1C(C)C(=O)NC1CC1. The van der Waals surface area contributed by atoms with Gasteiger partial charge in [-0.05, 0) is 59.0 Å². The lowest BCUT2D eigenvalue weighted by molar-refractivity contribution is -0.127. The van der Waals surface area contributed by atoms with Crippen molar-refractivity contribution >= 4 is 5.91 Å². The lowest BCUT2D eigenvalue weighted by Gasteiger charge is -2.42. The van der Waals surface area contributed by atoms with Crippen LogP contribution in [0.2, 0.25) is 0 Å². The zero-order chi connectivity index (χ0) is 14.5. The second kappa shape index (κ2) is 7.41. The van der Waals surface area contributed by atoms with Crippen LogP contribution < -0.4 is 10.6 Å². The van der Waals surface area contributed by atoms with E-state index < -0.39 is 0 Å². The van der Waals surface area contributed by atoms with E-state index in [1.54, 1.807) is 0 Å². The number of amides is 1. The maximum Gasteiger partial charge on any atom is 0.237 e. The molecule has 2 rings (SSSR count). The van der Waals surface area contributed by atoms with E-state index in [1.807, 2.05) is 0 Å². The van der Waals surface area contributed by atoms with Crippen molar-refractivity contribution in [1.29, 1.82) is 0 Å². The zero-order valence-corrected chi connectivity index (χ0v) is 13.3. The van der Waals surface area contributed by atoms with Gasteiger partial charge in [0.05, 0.1) is 6.04 Å². The Morgan fingerprint density at radius 1 is 1.25 bits per heavy atom. The van der Waals surface area contributed by atoms with Crippen molar-refractivity contribution in [3.63, 3.8) is 0 Å². The Morgan fingerprint density at radius 2 is 2.00 bits per heavy atom. The minimum Gasteiger partial charge on any atom is -0.352 e. The van der Waals surface area contributed by atoms with Gasteiger partial charge in [0.2, 0.25) is 5.91 Å². The molecule has 1 saturated carbocycles. The fraction of sp³-hybridized carbons (Fsp3) is 0.938. The highest BCUT2D eigenvalue weighted by Gasteiger charge is 2.34. The standard InChI is InChI=1S/C16H31N3O/c1-4-10-17-12(2)15-7-5-6-11-19(15)13(3)16(20)18-14-8-9-14/h12-15,17H,4-11H2,1-3H3,(H,18,20). The number of hydrogen-bond acceptors (Lipinski definition) is 3. The van der Waals surface area contributed by atoms with Crippen molar-refractivity contribution < 1.29 is 4.79 Å². The summed E-state index contributed by atoms with van der Waals surface area (Å²) >= 11 is 0. The third-order valence-corrected chi connectivity index (χ3v) is 4.69. The van der Waals surface area contributed by atoms with Crippen molar-refractivity contribution in [2.75, 3.05) is 13.1 Å². The molecule has 1 aliphatic carbocycles. The van der Waals surface area contributed by atoms with Gasteiger partial charge in [-0.1, -0.05) is 13.3 Å². The third-order valence-electron chi connectivity index (χ3n) is 4.69. The van der Waals surface area contributed by atoms with Gasteiger partial charge >= 0.3 is 0 Å². The molecule has 1 aliphatic heterocycles. The highest BCUT2D eigenvalue weighted by atomic mass is 16.2. The van der Waals surface area contributed by atoms with E-state index in [-0.39, 0.29) is 11.9 Å². The molecule has 3 unspecified atom stereocenters. The van der Waals surface area contributed by atoms with Crippen LogP contribution in [0.5, 0.6) is 0 Å². The summed E-state index contributed by atoms with van der Waals surface area (Å²) in [5.41, 5.74) is 0. The molecule has 1 amide bonds. The number of carbonyl (C=O) groups excluding carboxylic acids is 1. The van der Waals surface area contributed by atoms with Crippen LogP contribution in [0.3, 0.4) is 0 Å². The monoisotopic (exact) mass is 281 g/mol. The minimum absolute atomic E-state index is 0.00627. The van der Waals surface area contributed by atoms with Gasteiger partial charge in [0, 0.05) is 18.1 Å². The largest absolute Gasteiger partial charge is 0.352 e. The first-order valence-electron chi connectivity index (χ1n) is 8.43. The molecule has 3 atom stereocenters. The summed E-state index contributed by atoms with van der Waals surface area (Å²) in [7, 11) is 0. The van der Waals surface area contributed by atoms with Crippen LogP contribution >= 0.6 is 0 Å². The van der Waals surface area contributed by atoms with Crippen LogP contribution in [0.1, 0.15) is 59.3 Å². The normalized spacial score (nSPS) is 27.1. The van der Waals surface area contributed by atoms with Crippen molar-refractivity contribution in [3.8, 4) is 0 Å². The number of nitrogens with zero attached hydrogens (tertiary/aromatic N) is 1. The molecular formula is C16H31N3O. The number of nitrogens with one attached hydrogen (secondary N) is 2. The first kappa shape index (κ1) is 15.8. The first-order valence-corrected chi connectivity index (χ1v) is 8.43. The topological polar surface area (TPSA) is 44.4 Å². The van der Waals surface area contributed by atoms with Crippen LogP contribution in [0.15, 0.2) is 0 Å². The Hall–Kier alpha value is -0.610. The summed E-state index contributed by atoms with van der Waals surface area (Å²) in [6, 6.07) is 1.43. The van der Waals surface area contributed by atoms with Crippen molar-refractivity contribution in [3.05, 3.63) is 0 Å². The fourth-order valence-electron chi connectivity index (χ4n) is 3.21. The minimum atomic E-state index is 0.00627. The maximum absolute atomic E-state index is 12.3. The van der Waals surface area contributed by atoms with Gasteiger partial charge in [0.25, 0.3) is 0 Å². The number of likely N-dealkylation sites (tertiary alicyclic amines) is 1. The summed E-state index contributed by atoms with van der Waals surface area (Å²) in [5.74, 6) is 0.224. The Labute approximate surface area is 123 Å². The first-order chi connectivity index (χ1) is 9.63. The van der Waals surface area contributed by atoms with Crippen LogP contribution in [-0.2, 0) is 4.79 Å². The molecule has 4 heteroatoms. The molecule has 2 N–H and O–H groups in total. The third kappa shape index (κ3) is 4.19. The summed E-state index contributed by atoms with van der Waals surface area (Å²) in [5, 5.41) is 6.76. The van der Waals surface area contributed by atoms with Gasteiger partial charge in [-0.2, -0.15) is 0 Å². The van der Waals surface area contributed by atoms with Crippen LogP contribution in [-0.4, -0.2) is 48.1 Å². The van der Waals surface area contributed by atoms with Crippen LogP contribution in [0.4, 0.5) is 0 Å². The molecule has 0 aromatic rings. The second-order valence-electron chi connectivity index (χ2n) is 6.50. The fourth-order valence-corrected chi connectivity index (χ4v) is 3.21. The van der Waals surface area contributed by atoms with Crippen LogP contribution in [0, 0.1) is 0 Å². The molecule has 0 spiro atoms. The summed E-state index contributed by atoms with van der Waals surface area (Å²) in [6.45, 7) is 8.66. The molecule has 1 saturated heterocycles. The average Bonchev–Trinajstić information content (AvgIpc) is 3.27. The summed E-state index contributed by atoms with van der Waals surface area (Å²) in [4.78, 5) is 14.7. The lowest BCUT2D eigenvalue weighted by atomic mass is 9.94. The average molecular weight is 281 g/mol. The highest BCUT2D eigenvalue weighted by molar-refractivity contribution is 5.81. The van der Waals surface area contributed by atoms with Gasteiger partial charge < -0.3 is 10.6 Å². The van der Waals surface area contributed by atoms with Gasteiger partial charge in [0.15, 0.2) is 0 Å². The molecule has 1 heterocycles. The molecule has 4 nitrogen and oxygen atoms in total. The van der Waals surface area contributed by atoms with Gasteiger partial charge in [-0.25, -0.2) is 0 Å². The maximum atomic E-state index is 12.3. The van der Waals surface area contributed by atoms with E-state index >= 15 is 0 Å². The number of rotatable bonds is 7. The molecule has 116 valence electrons. The molecule has 0 aromatic heterocycles. The Morgan fingerprint density at radius 3 is 2.65 bits per heavy atom.